The second kappa shape index (κ2) is 8.85. The van der Waals surface area contributed by atoms with Crippen LogP contribution >= 0.6 is 0 Å². The fraction of sp³-hybridized carbons (Fsp3) is 0.125. The van der Waals surface area contributed by atoms with Crippen LogP contribution in [0.25, 0.3) is 11.1 Å². The molecule has 29 heavy (non-hydrogen) atoms. The Kier molecular flexibility index (Phi) is 6.06. The summed E-state index contributed by atoms with van der Waals surface area (Å²) < 4.78 is 5.73. The number of hydrogen-bond acceptors (Lipinski definition) is 4. The van der Waals surface area contributed by atoms with E-state index < -0.39 is 6.10 Å². The van der Waals surface area contributed by atoms with E-state index in [-0.39, 0.29) is 11.7 Å². The van der Waals surface area contributed by atoms with Crippen molar-refractivity contribution in [2.45, 2.75) is 20.0 Å². The quantitative estimate of drug-likeness (QED) is 0.617. The lowest BCUT2D eigenvalue weighted by Gasteiger charge is -2.15. The number of nitrogens with zero attached hydrogens (tertiary/aromatic N) is 1. The Morgan fingerprint density at radius 2 is 1.59 bits per heavy atom. The Morgan fingerprint density at radius 1 is 0.966 bits per heavy atom. The molecule has 3 aromatic carbocycles. The largest absolute Gasteiger partial charge is 0.481 e. The lowest BCUT2D eigenvalue weighted by Crippen LogP contribution is -2.30. The summed E-state index contributed by atoms with van der Waals surface area (Å²) in [5, 5.41) is 11.6. The van der Waals surface area contributed by atoms with E-state index in [1.54, 1.807) is 55.5 Å². The number of rotatable bonds is 6. The molecule has 0 aliphatic carbocycles. The van der Waals surface area contributed by atoms with Gasteiger partial charge in [-0.2, -0.15) is 5.26 Å². The van der Waals surface area contributed by atoms with Gasteiger partial charge in [0.25, 0.3) is 5.91 Å². The van der Waals surface area contributed by atoms with Crippen molar-refractivity contribution >= 4 is 17.4 Å². The number of Topliss-reactive ketones (excluding diaryl/α,β-unsaturated/α-hetero) is 1. The van der Waals surface area contributed by atoms with Crippen LogP contribution in [0.3, 0.4) is 0 Å². The van der Waals surface area contributed by atoms with Crippen LogP contribution in [0.1, 0.15) is 29.8 Å². The number of carbonyl (C=O) groups excluding carboxylic acids is 2. The van der Waals surface area contributed by atoms with E-state index in [1.807, 2.05) is 24.3 Å². The predicted molar refractivity (Wildman–Crippen MR) is 112 cm³/mol. The van der Waals surface area contributed by atoms with E-state index in [1.165, 1.54) is 6.92 Å². The second-order valence-electron chi connectivity index (χ2n) is 6.60. The fourth-order valence-electron chi connectivity index (χ4n) is 2.78. The van der Waals surface area contributed by atoms with Crippen molar-refractivity contribution in [3.05, 3.63) is 83.9 Å². The third kappa shape index (κ3) is 5.08. The molecular weight excluding hydrogens is 364 g/mol. The van der Waals surface area contributed by atoms with Crippen LogP contribution in [-0.4, -0.2) is 17.8 Å². The summed E-state index contributed by atoms with van der Waals surface area (Å²) in [5.74, 6) is 0.206. The van der Waals surface area contributed by atoms with Gasteiger partial charge in [-0.25, -0.2) is 0 Å². The van der Waals surface area contributed by atoms with Crippen LogP contribution in [0.5, 0.6) is 5.75 Å². The van der Waals surface area contributed by atoms with Gasteiger partial charge < -0.3 is 10.1 Å². The molecule has 0 unspecified atom stereocenters. The zero-order valence-corrected chi connectivity index (χ0v) is 16.2. The fourth-order valence-corrected chi connectivity index (χ4v) is 2.78. The highest BCUT2D eigenvalue weighted by atomic mass is 16.5. The summed E-state index contributed by atoms with van der Waals surface area (Å²) in [4.78, 5) is 23.9. The van der Waals surface area contributed by atoms with Gasteiger partial charge >= 0.3 is 0 Å². The maximum absolute atomic E-state index is 12.4. The van der Waals surface area contributed by atoms with E-state index in [0.717, 1.165) is 11.1 Å². The van der Waals surface area contributed by atoms with Crippen molar-refractivity contribution in [2.24, 2.45) is 0 Å². The van der Waals surface area contributed by atoms with Gasteiger partial charge in [-0.15, -0.1) is 0 Å². The molecule has 0 bridgehead atoms. The molecule has 0 radical (unpaired) electrons. The van der Waals surface area contributed by atoms with Crippen molar-refractivity contribution in [1.29, 1.82) is 5.26 Å². The lowest BCUT2D eigenvalue weighted by atomic mass is 10.0. The predicted octanol–water partition coefficient (Wildman–Crippen LogP) is 4.83. The highest BCUT2D eigenvalue weighted by Crippen LogP contribution is 2.23. The zero-order chi connectivity index (χ0) is 20.8. The number of anilines is 1. The van der Waals surface area contributed by atoms with Gasteiger partial charge in [0.2, 0.25) is 0 Å². The first kappa shape index (κ1) is 19.8. The molecule has 5 nitrogen and oxygen atoms in total. The van der Waals surface area contributed by atoms with Crippen LogP contribution in [-0.2, 0) is 4.79 Å². The lowest BCUT2D eigenvalue weighted by molar-refractivity contribution is -0.122. The van der Waals surface area contributed by atoms with Gasteiger partial charge in [0.15, 0.2) is 11.9 Å². The molecule has 5 heteroatoms. The summed E-state index contributed by atoms with van der Waals surface area (Å²) in [6.07, 6.45) is -0.711. The third-order valence-electron chi connectivity index (χ3n) is 4.42. The average Bonchev–Trinajstić information content (AvgIpc) is 2.74. The molecule has 1 atom stereocenters. The van der Waals surface area contributed by atoms with E-state index in [9.17, 15) is 9.59 Å². The monoisotopic (exact) mass is 384 g/mol. The highest BCUT2D eigenvalue weighted by molar-refractivity contribution is 5.98. The Balaban J connectivity index is 1.63. The van der Waals surface area contributed by atoms with Gasteiger partial charge in [-0.05, 0) is 61.4 Å². The first-order valence-electron chi connectivity index (χ1n) is 9.15. The minimum absolute atomic E-state index is 0.0623. The molecule has 0 saturated carbocycles. The maximum atomic E-state index is 12.4. The molecule has 0 aliphatic rings. The van der Waals surface area contributed by atoms with Crippen LogP contribution in [0, 0.1) is 11.3 Å². The molecule has 3 rings (SSSR count). The Bertz CT molecular complexity index is 1060. The SMILES string of the molecule is CC(=O)c1cccc(NC(=O)[C@@H](C)Oc2ccc(-c3ccc(C#N)cc3)cc2)c1. The summed E-state index contributed by atoms with van der Waals surface area (Å²) >= 11 is 0. The molecule has 0 heterocycles. The Hall–Kier alpha value is -3.91. The van der Waals surface area contributed by atoms with Crippen molar-refractivity contribution in [1.82, 2.24) is 0 Å². The smallest absolute Gasteiger partial charge is 0.265 e. The Labute approximate surface area is 169 Å². The standard InChI is InChI=1S/C24H20N2O3/c1-16(27)21-4-3-5-22(14-21)26-24(28)17(2)29-23-12-10-20(11-13-23)19-8-6-18(15-25)7-9-19/h3-14,17H,1-2H3,(H,26,28)/t17-/m1/s1. The molecule has 3 aromatic rings. The number of ketones is 1. The van der Waals surface area contributed by atoms with E-state index in [4.69, 9.17) is 10.00 Å². The number of amides is 1. The first-order valence-corrected chi connectivity index (χ1v) is 9.15. The molecular formula is C24H20N2O3. The molecule has 0 saturated heterocycles. The molecule has 1 amide bonds. The average molecular weight is 384 g/mol. The van der Waals surface area contributed by atoms with E-state index in [2.05, 4.69) is 11.4 Å². The van der Waals surface area contributed by atoms with Crippen LogP contribution in [0.4, 0.5) is 5.69 Å². The maximum Gasteiger partial charge on any atom is 0.265 e. The van der Waals surface area contributed by atoms with Crippen LogP contribution < -0.4 is 10.1 Å². The van der Waals surface area contributed by atoms with Gasteiger partial charge in [0.05, 0.1) is 11.6 Å². The number of hydrogen-bond donors (Lipinski definition) is 1. The van der Waals surface area contributed by atoms with Crippen LogP contribution in [0.15, 0.2) is 72.8 Å². The minimum Gasteiger partial charge on any atom is -0.481 e. The third-order valence-corrected chi connectivity index (χ3v) is 4.42. The number of carbonyl (C=O) groups is 2. The van der Waals surface area contributed by atoms with Gasteiger partial charge in [-0.3, -0.25) is 9.59 Å². The number of nitriles is 1. The summed E-state index contributed by atoms with van der Waals surface area (Å²) in [6, 6.07) is 23.6. The van der Waals surface area contributed by atoms with Crippen molar-refractivity contribution < 1.29 is 14.3 Å². The molecule has 0 aliphatic heterocycles. The molecule has 0 aromatic heterocycles. The number of ether oxygens (including phenoxy) is 1. The molecule has 0 fully saturated rings. The molecule has 144 valence electrons. The van der Waals surface area contributed by atoms with Gasteiger partial charge in [0.1, 0.15) is 5.75 Å². The normalized spacial score (nSPS) is 11.2. The molecule has 0 spiro atoms. The van der Waals surface area contributed by atoms with Gasteiger partial charge in [0, 0.05) is 11.3 Å². The summed E-state index contributed by atoms with van der Waals surface area (Å²) in [7, 11) is 0. The van der Waals surface area contributed by atoms with Crippen molar-refractivity contribution in [2.75, 3.05) is 5.32 Å². The Morgan fingerprint density at radius 3 is 2.17 bits per heavy atom. The number of benzene rings is 3. The molecule has 1 N–H and O–H groups in total. The van der Waals surface area contributed by atoms with E-state index in [0.29, 0.717) is 22.6 Å². The minimum atomic E-state index is -0.711. The van der Waals surface area contributed by atoms with Crippen molar-refractivity contribution in [3.8, 4) is 22.9 Å². The zero-order valence-electron chi connectivity index (χ0n) is 16.2. The first-order chi connectivity index (χ1) is 14.0. The summed E-state index contributed by atoms with van der Waals surface area (Å²) in [6.45, 7) is 3.15. The van der Waals surface area contributed by atoms with Gasteiger partial charge in [-0.1, -0.05) is 36.4 Å². The van der Waals surface area contributed by atoms with Crippen LogP contribution in [0.2, 0.25) is 0 Å². The summed E-state index contributed by atoms with van der Waals surface area (Å²) in [5.41, 5.74) is 3.68. The highest BCUT2D eigenvalue weighted by Gasteiger charge is 2.15. The van der Waals surface area contributed by atoms with E-state index >= 15 is 0 Å². The van der Waals surface area contributed by atoms with Crippen molar-refractivity contribution in [3.63, 3.8) is 0 Å². The second-order valence-corrected chi connectivity index (χ2v) is 6.60. The number of nitrogens with one attached hydrogen (secondary N) is 1. The topological polar surface area (TPSA) is 79.2 Å².